The highest BCUT2D eigenvalue weighted by molar-refractivity contribution is 5.98. The molecule has 4 bridgehead atoms. The van der Waals surface area contributed by atoms with E-state index in [0.717, 1.165) is 68.4 Å². The van der Waals surface area contributed by atoms with Crippen molar-refractivity contribution in [2.24, 2.45) is 29.1 Å². The second-order valence-electron chi connectivity index (χ2n) is 10.9. The molecule has 0 saturated heterocycles. The van der Waals surface area contributed by atoms with Crippen molar-refractivity contribution in [3.8, 4) is 0 Å². The Labute approximate surface area is 180 Å². The molecule has 1 unspecified atom stereocenters. The smallest absolute Gasteiger partial charge is 0.247 e. The summed E-state index contributed by atoms with van der Waals surface area (Å²) in [5.41, 5.74) is 1.96. The average molecular weight is 409 g/mol. The van der Waals surface area contributed by atoms with Crippen molar-refractivity contribution in [1.82, 2.24) is 5.32 Å². The zero-order valence-electron chi connectivity index (χ0n) is 18.3. The summed E-state index contributed by atoms with van der Waals surface area (Å²) in [4.78, 5) is 26.8. The molecule has 2 N–H and O–H groups in total. The van der Waals surface area contributed by atoms with Crippen LogP contribution in [-0.4, -0.2) is 17.9 Å². The first-order valence-electron chi connectivity index (χ1n) is 12.2. The third-order valence-corrected chi connectivity index (χ3v) is 8.54. The lowest BCUT2D eigenvalue weighted by Crippen LogP contribution is -2.61. The van der Waals surface area contributed by atoms with Gasteiger partial charge in [0.15, 0.2) is 0 Å². The molecule has 6 rings (SSSR count). The van der Waals surface area contributed by atoms with E-state index in [9.17, 15) is 9.59 Å². The molecule has 30 heavy (non-hydrogen) atoms. The Morgan fingerprint density at radius 3 is 2.03 bits per heavy atom. The minimum atomic E-state index is -0.401. The number of nitrogens with one attached hydrogen (secondary N) is 2. The molecule has 4 nitrogen and oxygen atoms in total. The van der Waals surface area contributed by atoms with E-state index in [2.05, 4.69) is 10.6 Å². The number of hydrogen-bond acceptors (Lipinski definition) is 2. The van der Waals surface area contributed by atoms with Gasteiger partial charge < -0.3 is 10.6 Å². The molecule has 0 spiro atoms. The molecule has 2 amide bonds. The van der Waals surface area contributed by atoms with Crippen LogP contribution in [-0.2, 0) is 9.59 Å². The summed E-state index contributed by atoms with van der Waals surface area (Å²) in [6.45, 7) is 2.05. The lowest BCUT2D eigenvalue weighted by atomic mass is 9.47. The van der Waals surface area contributed by atoms with Gasteiger partial charge in [0.2, 0.25) is 11.8 Å². The quantitative estimate of drug-likeness (QED) is 0.702. The van der Waals surface area contributed by atoms with Crippen molar-refractivity contribution in [3.05, 3.63) is 29.8 Å². The van der Waals surface area contributed by atoms with Crippen LogP contribution in [0, 0.1) is 36.0 Å². The Kier molecular flexibility index (Phi) is 5.37. The number of rotatable bonds is 5. The summed E-state index contributed by atoms with van der Waals surface area (Å²) < 4.78 is 0. The molecule has 0 aliphatic heterocycles. The van der Waals surface area contributed by atoms with E-state index in [1.807, 2.05) is 31.2 Å². The lowest BCUT2D eigenvalue weighted by molar-refractivity contribution is -0.139. The van der Waals surface area contributed by atoms with Gasteiger partial charge in [0.25, 0.3) is 0 Å². The fourth-order valence-corrected chi connectivity index (χ4v) is 7.50. The summed E-state index contributed by atoms with van der Waals surface area (Å²) in [5.74, 6) is 2.44. The fourth-order valence-electron chi connectivity index (χ4n) is 7.50. The molecule has 5 fully saturated rings. The van der Waals surface area contributed by atoms with Crippen LogP contribution in [0.1, 0.15) is 76.2 Å². The van der Waals surface area contributed by atoms with E-state index < -0.39 is 6.04 Å². The van der Waals surface area contributed by atoms with Gasteiger partial charge in [-0.1, -0.05) is 37.0 Å². The van der Waals surface area contributed by atoms with E-state index >= 15 is 0 Å². The fraction of sp³-hybridized carbons (Fsp3) is 0.692. The number of anilines is 1. The van der Waals surface area contributed by atoms with Crippen LogP contribution < -0.4 is 10.6 Å². The maximum atomic E-state index is 13.6. The SMILES string of the molecule is Cc1ccc(NC(=O)C(NC(=O)C2CCCCC2)C23CC4CC(CC(C4)C2)C3)cc1. The highest BCUT2D eigenvalue weighted by Crippen LogP contribution is 2.61. The first-order valence-corrected chi connectivity index (χ1v) is 12.2. The summed E-state index contributed by atoms with van der Waals surface area (Å²) >= 11 is 0. The molecule has 0 heterocycles. The average Bonchev–Trinajstić information content (AvgIpc) is 2.73. The highest BCUT2D eigenvalue weighted by atomic mass is 16.2. The third kappa shape index (κ3) is 3.90. The molecule has 4 heteroatoms. The van der Waals surface area contributed by atoms with Crippen molar-refractivity contribution >= 4 is 17.5 Å². The Morgan fingerprint density at radius 2 is 1.47 bits per heavy atom. The molecule has 1 atom stereocenters. The Bertz CT molecular complexity index is 758. The maximum absolute atomic E-state index is 13.6. The van der Waals surface area contributed by atoms with Crippen molar-refractivity contribution in [2.45, 2.75) is 83.6 Å². The summed E-state index contributed by atoms with van der Waals surface area (Å²) in [7, 11) is 0. The van der Waals surface area contributed by atoms with E-state index in [-0.39, 0.29) is 23.1 Å². The summed E-state index contributed by atoms with van der Waals surface area (Å²) in [6.07, 6.45) is 12.8. The van der Waals surface area contributed by atoms with Crippen molar-refractivity contribution in [2.75, 3.05) is 5.32 Å². The van der Waals surface area contributed by atoms with Crippen LogP contribution >= 0.6 is 0 Å². The number of benzene rings is 1. The first-order chi connectivity index (χ1) is 14.5. The lowest BCUT2D eigenvalue weighted by Gasteiger charge is -2.59. The molecule has 5 aliphatic rings. The van der Waals surface area contributed by atoms with Crippen LogP contribution in [0.25, 0.3) is 0 Å². The van der Waals surface area contributed by atoms with Gasteiger partial charge in [-0.05, 0) is 88.2 Å². The summed E-state index contributed by atoms with van der Waals surface area (Å²) in [6, 6.07) is 7.58. The zero-order chi connectivity index (χ0) is 20.7. The van der Waals surface area contributed by atoms with Crippen LogP contribution in [0.3, 0.4) is 0 Å². The monoisotopic (exact) mass is 408 g/mol. The van der Waals surface area contributed by atoms with Crippen molar-refractivity contribution in [3.63, 3.8) is 0 Å². The first kappa shape index (κ1) is 20.1. The Hall–Kier alpha value is -1.84. The molecule has 5 saturated carbocycles. The Morgan fingerprint density at radius 1 is 0.900 bits per heavy atom. The molecule has 1 aromatic rings. The molecule has 0 aromatic heterocycles. The second kappa shape index (κ2) is 8.01. The molecular weight excluding hydrogens is 372 g/mol. The van der Waals surface area contributed by atoms with E-state index in [0.29, 0.717) is 0 Å². The topological polar surface area (TPSA) is 58.2 Å². The van der Waals surface area contributed by atoms with Gasteiger partial charge in [0.1, 0.15) is 6.04 Å². The number of carbonyl (C=O) groups is 2. The molecule has 0 radical (unpaired) electrons. The van der Waals surface area contributed by atoms with Gasteiger partial charge in [-0.25, -0.2) is 0 Å². The van der Waals surface area contributed by atoms with Crippen LogP contribution in [0.2, 0.25) is 0 Å². The van der Waals surface area contributed by atoms with Crippen LogP contribution in [0.15, 0.2) is 24.3 Å². The van der Waals surface area contributed by atoms with Crippen LogP contribution in [0.5, 0.6) is 0 Å². The van der Waals surface area contributed by atoms with Gasteiger partial charge in [0.05, 0.1) is 0 Å². The highest BCUT2D eigenvalue weighted by Gasteiger charge is 2.56. The number of carbonyl (C=O) groups excluding carboxylic acids is 2. The molecule has 5 aliphatic carbocycles. The van der Waals surface area contributed by atoms with Gasteiger partial charge >= 0.3 is 0 Å². The molecule has 162 valence electrons. The minimum absolute atomic E-state index is 0.00929. The van der Waals surface area contributed by atoms with E-state index in [1.165, 1.54) is 31.2 Å². The predicted octanol–water partition coefficient (Wildman–Crippen LogP) is 5.22. The van der Waals surface area contributed by atoms with Crippen LogP contribution in [0.4, 0.5) is 5.69 Å². The van der Waals surface area contributed by atoms with Crippen molar-refractivity contribution in [1.29, 1.82) is 0 Å². The predicted molar refractivity (Wildman–Crippen MR) is 119 cm³/mol. The standard InChI is InChI=1S/C26H36N2O2/c1-17-7-9-22(10-8-17)27-25(30)23(28-24(29)21-5-3-2-4-6-21)26-14-18-11-19(15-26)13-20(12-18)16-26/h7-10,18-21,23H,2-6,11-16H2,1H3,(H,27,30)(H,28,29). The summed E-state index contributed by atoms with van der Waals surface area (Å²) in [5, 5.41) is 6.47. The van der Waals surface area contributed by atoms with E-state index in [1.54, 1.807) is 0 Å². The largest absolute Gasteiger partial charge is 0.344 e. The molecule has 1 aromatic carbocycles. The maximum Gasteiger partial charge on any atom is 0.247 e. The van der Waals surface area contributed by atoms with E-state index in [4.69, 9.17) is 0 Å². The number of amides is 2. The van der Waals surface area contributed by atoms with Gasteiger partial charge in [0, 0.05) is 17.0 Å². The molecular formula is C26H36N2O2. The van der Waals surface area contributed by atoms with Gasteiger partial charge in [-0.2, -0.15) is 0 Å². The van der Waals surface area contributed by atoms with Gasteiger partial charge in [-0.15, -0.1) is 0 Å². The number of hydrogen-bond donors (Lipinski definition) is 2. The normalized spacial score (nSPS) is 33.8. The third-order valence-electron chi connectivity index (χ3n) is 8.54. The van der Waals surface area contributed by atoms with Gasteiger partial charge in [-0.3, -0.25) is 9.59 Å². The zero-order valence-corrected chi connectivity index (χ0v) is 18.3. The Balaban J connectivity index is 1.39. The second-order valence-corrected chi connectivity index (χ2v) is 10.9. The van der Waals surface area contributed by atoms with Crippen molar-refractivity contribution < 1.29 is 9.59 Å². The minimum Gasteiger partial charge on any atom is -0.344 e. The number of aryl methyl sites for hydroxylation is 1.